The van der Waals surface area contributed by atoms with E-state index in [-0.39, 0.29) is 17.9 Å². The summed E-state index contributed by atoms with van der Waals surface area (Å²) in [6, 6.07) is 3.54. The quantitative estimate of drug-likeness (QED) is 0.931. The van der Waals surface area contributed by atoms with Gasteiger partial charge in [0.25, 0.3) is 0 Å². The molecule has 0 atom stereocenters. The summed E-state index contributed by atoms with van der Waals surface area (Å²) in [6.07, 6.45) is 1.76. The van der Waals surface area contributed by atoms with Gasteiger partial charge in [0.05, 0.1) is 28.4 Å². The smallest absolute Gasteiger partial charge is 0.233 e. The second-order valence-corrected chi connectivity index (χ2v) is 6.43. The third-order valence-corrected chi connectivity index (χ3v) is 3.74. The Bertz CT molecular complexity index is 609. The Morgan fingerprint density at radius 1 is 1.50 bits per heavy atom. The normalized spacial score (nSPS) is 11.7. The molecule has 6 heteroatoms. The molecule has 0 unspecified atom stereocenters. The lowest BCUT2D eigenvalue weighted by Crippen LogP contribution is -2.27. The van der Waals surface area contributed by atoms with E-state index in [1.807, 2.05) is 32.4 Å². The van der Waals surface area contributed by atoms with Crippen LogP contribution in [0.15, 0.2) is 27.3 Å². The number of hydrogen-bond acceptors (Lipinski definition) is 3. The molecule has 0 saturated carbocycles. The predicted molar refractivity (Wildman–Crippen MR) is 80.7 cm³/mol. The molecule has 0 aliphatic heterocycles. The lowest BCUT2D eigenvalue weighted by molar-refractivity contribution is -0.115. The zero-order chi connectivity index (χ0) is 14.9. The van der Waals surface area contributed by atoms with Crippen LogP contribution in [0.2, 0.25) is 0 Å². The van der Waals surface area contributed by atoms with Crippen LogP contribution in [-0.4, -0.2) is 15.7 Å². The van der Waals surface area contributed by atoms with Crippen molar-refractivity contribution in [1.29, 1.82) is 0 Å². The first kappa shape index (κ1) is 14.8. The lowest BCUT2D eigenvalue weighted by Gasteiger charge is -2.22. The summed E-state index contributed by atoms with van der Waals surface area (Å²) in [5, 5.41) is 7.36. The average molecular weight is 340 g/mol. The molecule has 5 nitrogen and oxygen atoms in total. The van der Waals surface area contributed by atoms with E-state index >= 15 is 0 Å². The van der Waals surface area contributed by atoms with Gasteiger partial charge in [0.1, 0.15) is 11.6 Å². The number of aromatic nitrogens is 2. The monoisotopic (exact) mass is 339 g/mol. The van der Waals surface area contributed by atoms with E-state index in [1.54, 1.807) is 18.4 Å². The Labute approximate surface area is 126 Å². The Balaban J connectivity index is 2.22. The van der Waals surface area contributed by atoms with Crippen LogP contribution < -0.4 is 5.32 Å². The molecule has 0 spiro atoms. The number of rotatable bonds is 3. The number of nitrogens with one attached hydrogen (secondary N) is 1. The van der Waals surface area contributed by atoms with Crippen LogP contribution in [0.25, 0.3) is 0 Å². The molecule has 0 aliphatic rings. The van der Waals surface area contributed by atoms with Gasteiger partial charge in [-0.25, -0.2) is 4.68 Å². The van der Waals surface area contributed by atoms with Gasteiger partial charge in [-0.15, -0.1) is 0 Å². The third-order valence-electron chi connectivity index (χ3n) is 2.80. The van der Waals surface area contributed by atoms with Gasteiger partial charge in [0.2, 0.25) is 5.91 Å². The molecule has 2 aromatic heterocycles. The highest BCUT2D eigenvalue weighted by molar-refractivity contribution is 9.10. The molecular weight excluding hydrogens is 322 g/mol. The highest BCUT2D eigenvalue weighted by Crippen LogP contribution is 2.30. The van der Waals surface area contributed by atoms with Gasteiger partial charge in [-0.2, -0.15) is 5.10 Å². The first-order valence-corrected chi connectivity index (χ1v) is 7.16. The molecule has 108 valence electrons. The highest BCUT2D eigenvalue weighted by atomic mass is 79.9. The third kappa shape index (κ3) is 3.12. The number of halogens is 1. The van der Waals surface area contributed by atoms with Crippen LogP contribution in [0.1, 0.15) is 32.2 Å². The van der Waals surface area contributed by atoms with Crippen LogP contribution in [0.5, 0.6) is 0 Å². The molecule has 1 N–H and O–H groups in total. The molecule has 20 heavy (non-hydrogen) atoms. The van der Waals surface area contributed by atoms with E-state index in [4.69, 9.17) is 4.42 Å². The summed E-state index contributed by atoms with van der Waals surface area (Å²) < 4.78 is 7.80. The molecule has 0 saturated heterocycles. The lowest BCUT2D eigenvalue weighted by atomic mass is 10.1. The van der Waals surface area contributed by atoms with E-state index in [0.717, 1.165) is 10.2 Å². The van der Waals surface area contributed by atoms with E-state index in [0.29, 0.717) is 11.6 Å². The maximum absolute atomic E-state index is 12.1. The summed E-state index contributed by atoms with van der Waals surface area (Å²) >= 11 is 3.48. The molecule has 0 aliphatic carbocycles. The van der Waals surface area contributed by atoms with Crippen molar-refractivity contribution >= 4 is 27.7 Å². The Morgan fingerprint density at radius 3 is 2.75 bits per heavy atom. The number of amides is 1. The molecule has 2 rings (SSSR count). The van der Waals surface area contributed by atoms with E-state index in [2.05, 4.69) is 26.3 Å². The zero-order valence-corrected chi connectivity index (χ0v) is 13.6. The molecule has 2 aromatic rings. The van der Waals surface area contributed by atoms with Gasteiger partial charge in [0, 0.05) is 0 Å². The van der Waals surface area contributed by atoms with Crippen molar-refractivity contribution in [1.82, 2.24) is 9.78 Å². The molecule has 0 aromatic carbocycles. The minimum Gasteiger partial charge on any atom is -0.469 e. The first-order chi connectivity index (χ1) is 9.29. The zero-order valence-electron chi connectivity index (χ0n) is 12.0. The van der Waals surface area contributed by atoms with Crippen molar-refractivity contribution in [3.05, 3.63) is 34.3 Å². The summed E-state index contributed by atoms with van der Waals surface area (Å²) in [7, 11) is 0. The Hall–Kier alpha value is -1.56. The predicted octanol–water partition coefficient (Wildman–Crippen LogP) is 3.48. The van der Waals surface area contributed by atoms with Crippen molar-refractivity contribution in [3.8, 4) is 0 Å². The minimum absolute atomic E-state index is 0.133. The number of nitrogens with zero attached hydrogens (tertiary/aromatic N) is 2. The first-order valence-electron chi connectivity index (χ1n) is 6.37. The van der Waals surface area contributed by atoms with Crippen molar-refractivity contribution < 1.29 is 9.21 Å². The summed E-state index contributed by atoms with van der Waals surface area (Å²) in [4.78, 5) is 12.1. The molecular formula is C14H18BrN3O2. The van der Waals surface area contributed by atoms with E-state index < -0.39 is 0 Å². The van der Waals surface area contributed by atoms with Gasteiger partial charge in [0.15, 0.2) is 0 Å². The standard InChI is InChI=1S/C14H18BrN3O2/c1-9-12(15)13(18(17-9)14(2,3)4)16-11(19)8-10-6-5-7-20-10/h5-7H,8H2,1-4H3,(H,16,19). The fourth-order valence-corrected chi connectivity index (χ4v) is 2.20. The minimum atomic E-state index is -0.218. The molecule has 1 amide bonds. The summed E-state index contributed by atoms with van der Waals surface area (Å²) in [5.41, 5.74) is 0.623. The van der Waals surface area contributed by atoms with Gasteiger partial charge in [-0.05, 0) is 55.8 Å². The molecule has 2 heterocycles. The van der Waals surface area contributed by atoms with Crippen LogP contribution in [0.3, 0.4) is 0 Å². The second kappa shape index (κ2) is 5.44. The van der Waals surface area contributed by atoms with Crippen LogP contribution >= 0.6 is 15.9 Å². The largest absolute Gasteiger partial charge is 0.469 e. The number of aryl methyl sites for hydroxylation is 1. The average Bonchev–Trinajstić information content (AvgIpc) is 2.91. The maximum atomic E-state index is 12.1. The fourth-order valence-electron chi connectivity index (χ4n) is 1.85. The molecule has 0 radical (unpaired) electrons. The Morgan fingerprint density at radius 2 is 2.20 bits per heavy atom. The van der Waals surface area contributed by atoms with E-state index in [9.17, 15) is 4.79 Å². The van der Waals surface area contributed by atoms with Gasteiger partial charge in [-0.3, -0.25) is 4.79 Å². The fraction of sp³-hybridized carbons (Fsp3) is 0.429. The number of carbonyl (C=O) groups excluding carboxylic acids is 1. The van der Waals surface area contributed by atoms with Crippen molar-refractivity contribution in [2.75, 3.05) is 5.32 Å². The highest BCUT2D eigenvalue weighted by Gasteiger charge is 2.23. The van der Waals surface area contributed by atoms with Crippen LogP contribution in [-0.2, 0) is 16.8 Å². The van der Waals surface area contributed by atoms with Crippen LogP contribution in [0, 0.1) is 6.92 Å². The van der Waals surface area contributed by atoms with Crippen molar-refractivity contribution in [3.63, 3.8) is 0 Å². The number of carbonyl (C=O) groups is 1. The second-order valence-electron chi connectivity index (χ2n) is 5.63. The number of anilines is 1. The molecule has 0 fully saturated rings. The number of furan rings is 1. The van der Waals surface area contributed by atoms with Crippen LogP contribution in [0.4, 0.5) is 5.82 Å². The summed E-state index contributed by atoms with van der Waals surface area (Å²) in [5.74, 6) is 1.18. The van der Waals surface area contributed by atoms with E-state index in [1.165, 1.54) is 0 Å². The SMILES string of the molecule is Cc1nn(C(C)(C)C)c(NC(=O)Cc2ccco2)c1Br. The topological polar surface area (TPSA) is 60.1 Å². The maximum Gasteiger partial charge on any atom is 0.233 e. The summed E-state index contributed by atoms with van der Waals surface area (Å²) in [6.45, 7) is 8.00. The van der Waals surface area contributed by atoms with Crippen molar-refractivity contribution in [2.45, 2.75) is 39.7 Å². The van der Waals surface area contributed by atoms with Crippen molar-refractivity contribution in [2.24, 2.45) is 0 Å². The number of hydrogen-bond donors (Lipinski definition) is 1. The molecule has 0 bridgehead atoms. The van der Waals surface area contributed by atoms with Gasteiger partial charge >= 0.3 is 0 Å². The van der Waals surface area contributed by atoms with Gasteiger partial charge < -0.3 is 9.73 Å². The van der Waals surface area contributed by atoms with Gasteiger partial charge in [-0.1, -0.05) is 0 Å². The Kier molecular flexibility index (Phi) is 4.04.